The number of nitrogen functional groups attached to an aromatic ring is 1. The Bertz CT molecular complexity index is 428. The van der Waals surface area contributed by atoms with Gasteiger partial charge >= 0.3 is 5.97 Å². The van der Waals surface area contributed by atoms with Crippen LogP contribution in [0, 0.1) is 0 Å². The highest BCUT2D eigenvalue weighted by Crippen LogP contribution is 2.11. The lowest BCUT2D eigenvalue weighted by molar-refractivity contribution is -0.134. The number of carbonyl (C=O) groups is 2. The van der Waals surface area contributed by atoms with Crippen LogP contribution in [0.2, 0.25) is 0 Å². The molecule has 2 N–H and O–H groups in total. The number of likely N-dealkylation sites (N-methyl/N-ethyl adjacent to an activating group) is 1. The fourth-order valence-electron chi connectivity index (χ4n) is 1.56. The molecule has 1 amide bonds. The molecule has 18 heavy (non-hydrogen) atoms. The summed E-state index contributed by atoms with van der Waals surface area (Å²) in [5.74, 6) is -0.781. The van der Waals surface area contributed by atoms with E-state index < -0.39 is 5.97 Å². The van der Waals surface area contributed by atoms with E-state index in [9.17, 15) is 9.59 Å². The number of nitrogens with two attached hydrogens (primary N) is 1. The largest absolute Gasteiger partial charge is 0.452 e. The minimum Gasteiger partial charge on any atom is -0.452 e. The molecular weight excluding hydrogens is 232 g/mol. The molecule has 0 bridgehead atoms. The summed E-state index contributed by atoms with van der Waals surface area (Å²) < 4.78 is 4.95. The van der Waals surface area contributed by atoms with Crippen LogP contribution in [0.15, 0.2) is 24.3 Å². The van der Waals surface area contributed by atoms with E-state index in [-0.39, 0.29) is 18.1 Å². The monoisotopic (exact) mass is 250 g/mol. The van der Waals surface area contributed by atoms with Crippen LogP contribution in [0.25, 0.3) is 0 Å². The first-order valence-corrected chi connectivity index (χ1v) is 5.89. The number of hydrogen-bond donors (Lipinski definition) is 1. The lowest BCUT2D eigenvalue weighted by Gasteiger charge is -2.18. The van der Waals surface area contributed by atoms with E-state index in [0.29, 0.717) is 18.8 Å². The first-order chi connectivity index (χ1) is 8.60. The van der Waals surface area contributed by atoms with Crippen LogP contribution >= 0.6 is 0 Å². The van der Waals surface area contributed by atoms with Gasteiger partial charge in [-0.3, -0.25) is 4.79 Å². The van der Waals surface area contributed by atoms with E-state index in [2.05, 4.69) is 0 Å². The molecule has 0 heterocycles. The summed E-state index contributed by atoms with van der Waals surface area (Å²) in [5, 5.41) is 0. The first kappa shape index (κ1) is 14.0. The molecule has 0 aliphatic heterocycles. The fourth-order valence-corrected chi connectivity index (χ4v) is 1.56. The molecule has 98 valence electrons. The summed E-state index contributed by atoms with van der Waals surface area (Å²) in [6.45, 7) is 4.69. The van der Waals surface area contributed by atoms with Gasteiger partial charge in [0.2, 0.25) is 0 Å². The predicted molar refractivity (Wildman–Crippen MR) is 69.1 cm³/mol. The number of amides is 1. The van der Waals surface area contributed by atoms with Crippen molar-refractivity contribution in [2.45, 2.75) is 13.8 Å². The van der Waals surface area contributed by atoms with Crippen molar-refractivity contribution in [3.8, 4) is 0 Å². The highest BCUT2D eigenvalue weighted by atomic mass is 16.5. The van der Waals surface area contributed by atoms with E-state index in [1.807, 2.05) is 13.8 Å². The van der Waals surface area contributed by atoms with Crippen molar-refractivity contribution in [2.75, 3.05) is 25.4 Å². The van der Waals surface area contributed by atoms with Crippen LogP contribution in [-0.4, -0.2) is 36.5 Å². The lowest BCUT2D eigenvalue weighted by atomic mass is 10.2. The van der Waals surface area contributed by atoms with Crippen LogP contribution in [0.4, 0.5) is 5.69 Å². The molecule has 1 rings (SSSR count). The van der Waals surface area contributed by atoms with E-state index in [1.165, 1.54) is 0 Å². The lowest BCUT2D eigenvalue weighted by Crippen LogP contribution is -2.34. The molecule has 1 aromatic rings. The maximum Gasteiger partial charge on any atom is 0.340 e. The molecule has 0 fully saturated rings. The number of esters is 1. The first-order valence-electron chi connectivity index (χ1n) is 5.89. The second kappa shape index (κ2) is 6.64. The zero-order chi connectivity index (χ0) is 13.5. The molecule has 0 saturated heterocycles. The summed E-state index contributed by atoms with van der Waals surface area (Å²) >= 11 is 0. The molecule has 0 aliphatic rings. The normalized spacial score (nSPS) is 9.89. The number of carbonyl (C=O) groups excluding carboxylic acids is 2. The molecule has 1 aromatic carbocycles. The minimum atomic E-state index is -0.575. The third kappa shape index (κ3) is 3.48. The molecule has 0 saturated carbocycles. The molecule has 0 spiro atoms. The second-order valence-corrected chi connectivity index (χ2v) is 3.73. The highest BCUT2D eigenvalue weighted by Gasteiger charge is 2.15. The Balaban J connectivity index is 2.57. The Morgan fingerprint density at radius 2 is 1.83 bits per heavy atom. The molecular formula is C13H18N2O3. The second-order valence-electron chi connectivity index (χ2n) is 3.73. The summed E-state index contributed by atoms with van der Waals surface area (Å²) in [4.78, 5) is 24.9. The molecule has 0 aliphatic carbocycles. The minimum absolute atomic E-state index is 0.206. The third-order valence-electron chi connectivity index (χ3n) is 2.62. The number of nitrogens with zero attached hydrogens (tertiary/aromatic N) is 1. The van der Waals surface area contributed by atoms with Crippen LogP contribution in [0.1, 0.15) is 24.2 Å². The van der Waals surface area contributed by atoms with Crippen molar-refractivity contribution in [3.05, 3.63) is 29.8 Å². The van der Waals surface area contributed by atoms with Crippen LogP contribution < -0.4 is 5.73 Å². The van der Waals surface area contributed by atoms with E-state index in [1.54, 1.807) is 29.2 Å². The zero-order valence-corrected chi connectivity index (χ0v) is 10.7. The van der Waals surface area contributed by atoms with Crippen molar-refractivity contribution < 1.29 is 14.3 Å². The van der Waals surface area contributed by atoms with Crippen molar-refractivity contribution in [1.29, 1.82) is 0 Å². The van der Waals surface area contributed by atoms with Crippen LogP contribution in [0.3, 0.4) is 0 Å². The van der Waals surface area contributed by atoms with Crippen molar-refractivity contribution >= 4 is 17.6 Å². The summed E-state index contributed by atoms with van der Waals surface area (Å²) in [6, 6.07) is 6.61. The maximum absolute atomic E-state index is 11.7. The molecule has 0 radical (unpaired) electrons. The average Bonchev–Trinajstić information content (AvgIpc) is 2.38. The van der Waals surface area contributed by atoms with E-state index >= 15 is 0 Å². The van der Waals surface area contributed by atoms with Crippen molar-refractivity contribution in [1.82, 2.24) is 4.90 Å². The number of rotatable bonds is 5. The predicted octanol–water partition coefficient (Wildman–Crippen LogP) is 1.29. The van der Waals surface area contributed by atoms with Gasteiger partial charge in [0.15, 0.2) is 6.61 Å². The smallest absolute Gasteiger partial charge is 0.340 e. The SMILES string of the molecule is CCN(CC)C(=O)COC(=O)c1ccccc1N. The number of ether oxygens (including phenoxy) is 1. The van der Waals surface area contributed by atoms with Gasteiger partial charge in [0, 0.05) is 18.8 Å². The van der Waals surface area contributed by atoms with Gasteiger partial charge in [0.05, 0.1) is 5.56 Å². The number of hydrogen-bond acceptors (Lipinski definition) is 4. The van der Waals surface area contributed by atoms with Gasteiger partial charge < -0.3 is 15.4 Å². The van der Waals surface area contributed by atoms with Crippen molar-refractivity contribution in [2.24, 2.45) is 0 Å². The van der Waals surface area contributed by atoms with Crippen LogP contribution in [-0.2, 0) is 9.53 Å². The maximum atomic E-state index is 11.7. The highest BCUT2D eigenvalue weighted by molar-refractivity contribution is 5.96. The summed E-state index contributed by atoms with van der Waals surface area (Å²) in [6.07, 6.45) is 0. The number of anilines is 1. The third-order valence-corrected chi connectivity index (χ3v) is 2.62. The van der Waals surface area contributed by atoms with Gasteiger partial charge in [-0.15, -0.1) is 0 Å². The van der Waals surface area contributed by atoms with Gasteiger partial charge in [0.1, 0.15) is 0 Å². The molecule has 0 aromatic heterocycles. The van der Waals surface area contributed by atoms with E-state index in [0.717, 1.165) is 0 Å². The van der Waals surface area contributed by atoms with Gasteiger partial charge in [-0.25, -0.2) is 4.79 Å². The van der Waals surface area contributed by atoms with Crippen molar-refractivity contribution in [3.63, 3.8) is 0 Å². The Morgan fingerprint density at radius 1 is 1.22 bits per heavy atom. The Hall–Kier alpha value is -2.04. The Labute approximate surface area is 107 Å². The van der Waals surface area contributed by atoms with Crippen LogP contribution in [0.5, 0.6) is 0 Å². The van der Waals surface area contributed by atoms with E-state index in [4.69, 9.17) is 10.5 Å². The standard InChI is InChI=1S/C13H18N2O3/c1-3-15(4-2)12(16)9-18-13(17)10-7-5-6-8-11(10)14/h5-8H,3-4,9,14H2,1-2H3. The summed E-state index contributed by atoms with van der Waals surface area (Å²) in [7, 11) is 0. The molecule has 0 unspecified atom stereocenters. The van der Waals surface area contributed by atoms with Gasteiger partial charge in [-0.1, -0.05) is 12.1 Å². The fraction of sp³-hybridized carbons (Fsp3) is 0.385. The topological polar surface area (TPSA) is 72.6 Å². The Morgan fingerprint density at radius 3 is 2.39 bits per heavy atom. The summed E-state index contributed by atoms with van der Waals surface area (Å²) in [5.41, 5.74) is 6.27. The molecule has 0 atom stereocenters. The number of para-hydroxylation sites is 1. The Kier molecular flexibility index (Phi) is 5.17. The molecule has 5 nitrogen and oxygen atoms in total. The van der Waals surface area contributed by atoms with Gasteiger partial charge in [-0.05, 0) is 26.0 Å². The zero-order valence-electron chi connectivity index (χ0n) is 10.7. The average molecular weight is 250 g/mol. The van der Waals surface area contributed by atoms with Gasteiger partial charge in [0.25, 0.3) is 5.91 Å². The van der Waals surface area contributed by atoms with Gasteiger partial charge in [-0.2, -0.15) is 0 Å². The number of benzene rings is 1. The molecule has 5 heteroatoms. The quantitative estimate of drug-likeness (QED) is 0.631.